The number of fused-ring (bicyclic) bond motifs is 1. The summed E-state index contributed by atoms with van der Waals surface area (Å²) in [6.07, 6.45) is 3.20. The second-order valence-corrected chi connectivity index (χ2v) is 4.36. The fourth-order valence-corrected chi connectivity index (χ4v) is 1.90. The van der Waals surface area contributed by atoms with Gasteiger partial charge in [0, 0.05) is 11.9 Å². The predicted molar refractivity (Wildman–Crippen MR) is 73.5 cm³/mol. The second kappa shape index (κ2) is 5.69. The third-order valence-corrected chi connectivity index (χ3v) is 2.94. The Morgan fingerprint density at radius 2 is 2.06 bits per heavy atom. The van der Waals surface area contributed by atoms with Crippen LogP contribution in [-0.2, 0) is 0 Å². The van der Waals surface area contributed by atoms with E-state index in [0.29, 0.717) is 17.8 Å². The van der Waals surface area contributed by atoms with E-state index >= 15 is 0 Å². The normalized spacial score (nSPS) is 10.8. The van der Waals surface area contributed by atoms with E-state index in [1.54, 1.807) is 12.1 Å². The Morgan fingerprint density at radius 3 is 2.83 bits per heavy atom. The van der Waals surface area contributed by atoms with Crippen molar-refractivity contribution in [3.8, 4) is 0 Å². The first-order chi connectivity index (χ1) is 8.72. The first kappa shape index (κ1) is 12.6. The number of nitrogens with zero attached hydrogens (tertiary/aromatic N) is 1. The number of hydrogen-bond acceptors (Lipinski definition) is 4. The molecular formula is C14H18N2O2. The zero-order valence-corrected chi connectivity index (χ0v) is 10.6. The van der Waals surface area contributed by atoms with Crippen molar-refractivity contribution in [1.82, 2.24) is 0 Å². The van der Waals surface area contributed by atoms with E-state index in [4.69, 9.17) is 10.3 Å². The summed E-state index contributed by atoms with van der Waals surface area (Å²) >= 11 is 0. The van der Waals surface area contributed by atoms with Crippen LogP contribution in [0.3, 0.4) is 0 Å². The molecule has 0 spiro atoms. The third-order valence-electron chi connectivity index (χ3n) is 2.94. The van der Waals surface area contributed by atoms with Gasteiger partial charge in [-0.1, -0.05) is 38.0 Å². The molecule has 0 unspecified atom stereocenters. The number of nitrogens with two attached hydrogens (primary N) is 1. The smallest absolute Gasteiger partial charge is 0.361 e. The molecular weight excluding hydrogens is 228 g/mol. The van der Waals surface area contributed by atoms with Crippen LogP contribution in [0.4, 0.5) is 5.69 Å². The van der Waals surface area contributed by atoms with Crippen LogP contribution in [0.2, 0.25) is 0 Å². The van der Waals surface area contributed by atoms with E-state index in [0.717, 1.165) is 24.6 Å². The molecule has 1 heterocycles. The molecule has 2 aromatic rings. The van der Waals surface area contributed by atoms with Gasteiger partial charge in [-0.15, -0.1) is 0 Å². The molecule has 0 aliphatic carbocycles. The van der Waals surface area contributed by atoms with Gasteiger partial charge in [0.1, 0.15) is 11.3 Å². The van der Waals surface area contributed by atoms with Crippen molar-refractivity contribution in [2.75, 3.05) is 11.6 Å². The highest BCUT2D eigenvalue weighted by atomic mass is 16.4. The molecule has 1 aromatic heterocycles. The third kappa shape index (κ3) is 2.71. The van der Waals surface area contributed by atoms with E-state index in [1.165, 1.54) is 5.01 Å². The lowest BCUT2D eigenvalue weighted by Crippen LogP contribution is -2.35. The molecule has 4 heteroatoms. The van der Waals surface area contributed by atoms with Crippen LogP contribution in [0.15, 0.2) is 39.5 Å². The minimum Gasteiger partial charge on any atom is -0.421 e. The fraction of sp³-hybridized carbons (Fsp3) is 0.357. The molecule has 0 fully saturated rings. The number of benzene rings is 1. The summed E-state index contributed by atoms with van der Waals surface area (Å²) in [7, 11) is 0. The molecule has 0 saturated heterocycles. The van der Waals surface area contributed by atoms with Gasteiger partial charge in [-0.25, -0.2) is 10.6 Å². The maximum absolute atomic E-state index is 11.8. The van der Waals surface area contributed by atoms with Crippen molar-refractivity contribution < 1.29 is 4.42 Å². The highest BCUT2D eigenvalue weighted by molar-refractivity contribution is 5.79. The summed E-state index contributed by atoms with van der Waals surface area (Å²) in [6.45, 7) is 2.79. The molecule has 0 aliphatic rings. The average Bonchev–Trinajstić information content (AvgIpc) is 2.38. The standard InChI is InChI=1S/C14H18N2O2/c1-2-3-6-9-16(15)12-10-11-7-4-5-8-13(11)18-14(12)17/h4-5,7-8,10H,2-3,6,9,15H2,1H3. The summed E-state index contributed by atoms with van der Waals surface area (Å²) in [6, 6.07) is 9.21. The molecule has 0 saturated carbocycles. The van der Waals surface area contributed by atoms with Crippen LogP contribution in [0, 0.1) is 0 Å². The highest BCUT2D eigenvalue weighted by Crippen LogP contribution is 2.16. The topological polar surface area (TPSA) is 59.5 Å². The summed E-state index contributed by atoms with van der Waals surface area (Å²) in [5, 5.41) is 2.37. The van der Waals surface area contributed by atoms with Gasteiger partial charge in [-0.05, 0) is 18.6 Å². The van der Waals surface area contributed by atoms with Crippen LogP contribution in [0.25, 0.3) is 11.0 Å². The van der Waals surface area contributed by atoms with Gasteiger partial charge in [0.05, 0.1) is 0 Å². The maximum Gasteiger partial charge on any atom is 0.361 e. The monoisotopic (exact) mass is 246 g/mol. The number of unbranched alkanes of at least 4 members (excludes halogenated alkanes) is 2. The van der Waals surface area contributed by atoms with Gasteiger partial charge < -0.3 is 9.43 Å². The molecule has 0 amide bonds. The molecule has 0 radical (unpaired) electrons. The number of para-hydroxylation sites is 1. The molecule has 2 rings (SSSR count). The zero-order chi connectivity index (χ0) is 13.0. The van der Waals surface area contributed by atoms with Crippen LogP contribution >= 0.6 is 0 Å². The van der Waals surface area contributed by atoms with Crippen LogP contribution in [0.5, 0.6) is 0 Å². The van der Waals surface area contributed by atoms with Gasteiger partial charge in [0.25, 0.3) is 0 Å². The second-order valence-electron chi connectivity index (χ2n) is 4.36. The van der Waals surface area contributed by atoms with Gasteiger partial charge in [-0.3, -0.25) is 0 Å². The minimum absolute atomic E-state index is 0.382. The molecule has 96 valence electrons. The zero-order valence-electron chi connectivity index (χ0n) is 10.6. The van der Waals surface area contributed by atoms with Crippen molar-refractivity contribution in [2.24, 2.45) is 5.84 Å². The molecule has 18 heavy (non-hydrogen) atoms. The van der Waals surface area contributed by atoms with Crippen LogP contribution < -0.4 is 16.5 Å². The van der Waals surface area contributed by atoms with Crippen LogP contribution in [0.1, 0.15) is 26.2 Å². The van der Waals surface area contributed by atoms with E-state index in [2.05, 4.69) is 6.92 Å². The van der Waals surface area contributed by atoms with Crippen molar-refractivity contribution >= 4 is 16.7 Å². The Kier molecular flexibility index (Phi) is 3.99. The first-order valence-corrected chi connectivity index (χ1v) is 6.27. The maximum atomic E-state index is 11.8. The summed E-state index contributed by atoms with van der Waals surface area (Å²) in [4.78, 5) is 11.8. The Bertz CT molecular complexity index is 577. The number of rotatable bonds is 5. The largest absolute Gasteiger partial charge is 0.421 e. The Morgan fingerprint density at radius 1 is 1.28 bits per heavy atom. The van der Waals surface area contributed by atoms with Gasteiger partial charge in [0.2, 0.25) is 0 Å². The average molecular weight is 246 g/mol. The van der Waals surface area contributed by atoms with Crippen molar-refractivity contribution in [3.05, 3.63) is 40.8 Å². The van der Waals surface area contributed by atoms with E-state index < -0.39 is 0 Å². The van der Waals surface area contributed by atoms with Crippen molar-refractivity contribution in [2.45, 2.75) is 26.2 Å². The quantitative estimate of drug-likeness (QED) is 0.381. The van der Waals surface area contributed by atoms with Gasteiger partial charge in [-0.2, -0.15) is 0 Å². The van der Waals surface area contributed by atoms with Crippen LogP contribution in [-0.4, -0.2) is 6.54 Å². The predicted octanol–water partition coefficient (Wildman–Crippen LogP) is 2.66. The van der Waals surface area contributed by atoms with E-state index in [1.807, 2.05) is 18.2 Å². The van der Waals surface area contributed by atoms with Gasteiger partial charge in [0.15, 0.2) is 0 Å². The lowest BCUT2D eigenvalue weighted by atomic mass is 10.2. The molecule has 4 nitrogen and oxygen atoms in total. The van der Waals surface area contributed by atoms with Crippen molar-refractivity contribution in [3.63, 3.8) is 0 Å². The SMILES string of the molecule is CCCCCN(N)c1cc2ccccc2oc1=O. The molecule has 2 N–H and O–H groups in total. The van der Waals surface area contributed by atoms with Gasteiger partial charge >= 0.3 is 5.63 Å². The molecule has 0 atom stereocenters. The number of hydrazine groups is 1. The van der Waals surface area contributed by atoms with E-state index in [9.17, 15) is 4.79 Å². The first-order valence-electron chi connectivity index (χ1n) is 6.27. The Balaban J connectivity index is 2.27. The molecule has 0 aliphatic heterocycles. The Labute approximate surface area is 106 Å². The lowest BCUT2D eigenvalue weighted by molar-refractivity contribution is 0.555. The highest BCUT2D eigenvalue weighted by Gasteiger charge is 2.09. The minimum atomic E-state index is -0.382. The molecule has 0 bridgehead atoms. The fourth-order valence-electron chi connectivity index (χ4n) is 1.90. The van der Waals surface area contributed by atoms with Crippen molar-refractivity contribution in [1.29, 1.82) is 0 Å². The Hall–Kier alpha value is -1.81. The molecule has 1 aromatic carbocycles. The summed E-state index contributed by atoms with van der Waals surface area (Å²) in [5.74, 6) is 5.90. The number of hydrogen-bond donors (Lipinski definition) is 1. The number of anilines is 1. The summed E-state index contributed by atoms with van der Waals surface area (Å²) in [5.41, 5.74) is 0.630. The van der Waals surface area contributed by atoms with E-state index in [-0.39, 0.29) is 5.63 Å². The lowest BCUT2D eigenvalue weighted by Gasteiger charge is -2.17. The summed E-state index contributed by atoms with van der Waals surface area (Å²) < 4.78 is 5.24.